The SMILES string of the molecule is CCc1ccc(Nc2ccc(S(=O)(=O)N3CCOCC3)cn2)cc1. The Morgan fingerprint density at radius 3 is 2.42 bits per heavy atom. The molecule has 6 nitrogen and oxygen atoms in total. The highest BCUT2D eigenvalue weighted by molar-refractivity contribution is 7.89. The lowest BCUT2D eigenvalue weighted by Gasteiger charge is -2.25. The number of ether oxygens (including phenoxy) is 1. The molecule has 128 valence electrons. The molecule has 1 saturated heterocycles. The van der Waals surface area contributed by atoms with E-state index < -0.39 is 10.0 Å². The molecule has 2 heterocycles. The number of morpholine rings is 1. The minimum Gasteiger partial charge on any atom is -0.379 e. The van der Waals surface area contributed by atoms with E-state index in [1.807, 2.05) is 12.1 Å². The van der Waals surface area contributed by atoms with Crippen LogP contribution in [0.15, 0.2) is 47.5 Å². The van der Waals surface area contributed by atoms with Crippen LogP contribution in [0.4, 0.5) is 11.5 Å². The molecule has 0 amide bonds. The lowest BCUT2D eigenvalue weighted by molar-refractivity contribution is 0.0730. The van der Waals surface area contributed by atoms with Gasteiger partial charge < -0.3 is 10.1 Å². The van der Waals surface area contributed by atoms with Gasteiger partial charge in [-0.05, 0) is 36.2 Å². The lowest BCUT2D eigenvalue weighted by atomic mass is 10.1. The molecule has 1 fully saturated rings. The molecular formula is C17H21N3O3S. The van der Waals surface area contributed by atoms with Crippen molar-refractivity contribution in [2.75, 3.05) is 31.6 Å². The first-order valence-electron chi connectivity index (χ1n) is 7.99. The van der Waals surface area contributed by atoms with Gasteiger partial charge in [0, 0.05) is 25.0 Å². The van der Waals surface area contributed by atoms with Crippen molar-refractivity contribution in [1.29, 1.82) is 0 Å². The number of anilines is 2. The number of sulfonamides is 1. The standard InChI is InChI=1S/C17H21N3O3S/c1-2-14-3-5-15(6-4-14)19-17-8-7-16(13-18-17)24(21,22)20-9-11-23-12-10-20/h3-8,13H,2,9-12H2,1H3,(H,18,19). The minimum atomic E-state index is -3.50. The van der Waals surface area contributed by atoms with Crippen molar-refractivity contribution in [3.63, 3.8) is 0 Å². The molecule has 1 aromatic carbocycles. The van der Waals surface area contributed by atoms with E-state index >= 15 is 0 Å². The van der Waals surface area contributed by atoms with Gasteiger partial charge in [-0.1, -0.05) is 19.1 Å². The van der Waals surface area contributed by atoms with Crippen molar-refractivity contribution in [3.05, 3.63) is 48.2 Å². The van der Waals surface area contributed by atoms with Gasteiger partial charge in [-0.3, -0.25) is 0 Å². The molecule has 0 aliphatic carbocycles. The quantitative estimate of drug-likeness (QED) is 0.899. The van der Waals surface area contributed by atoms with Crippen LogP contribution in [0.3, 0.4) is 0 Å². The summed E-state index contributed by atoms with van der Waals surface area (Å²) in [7, 11) is -3.50. The van der Waals surface area contributed by atoms with E-state index in [4.69, 9.17) is 4.74 Å². The summed E-state index contributed by atoms with van der Waals surface area (Å²) in [4.78, 5) is 4.43. The zero-order valence-corrected chi connectivity index (χ0v) is 14.4. The molecule has 1 aromatic heterocycles. The van der Waals surface area contributed by atoms with Crippen LogP contribution in [-0.2, 0) is 21.2 Å². The Kier molecular flexibility index (Phi) is 5.13. The number of hydrogen-bond acceptors (Lipinski definition) is 5. The highest BCUT2D eigenvalue weighted by Gasteiger charge is 2.26. The summed E-state index contributed by atoms with van der Waals surface area (Å²) in [6, 6.07) is 11.3. The second kappa shape index (κ2) is 7.29. The van der Waals surface area contributed by atoms with Crippen molar-refractivity contribution >= 4 is 21.5 Å². The van der Waals surface area contributed by atoms with E-state index in [-0.39, 0.29) is 4.90 Å². The maximum absolute atomic E-state index is 12.5. The molecule has 3 rings (SSSR count). The molecule has 0 saturated carbocycles. The van der Waals surface area contributed by atoms with Gasteiger partial charge in [-0.25, -0.2) is 13.4 Å². The Morgan fingerprint density at radius 1 is 1.12 bits per heavy atom. The molecule has 0 radical (unpaired) electrons. The maximum Gasteiger partial charge on any atom is 0.244 e. The number of nitrogens with zero attached hydrogens (tertiary/aromatic N) is 2. The molecule has 2 aromatic rings. The molecule has 0 atom stereocenters. The van der Waals surface area contributed by atoms with Crippen LogP contribution in [0, 0.1) is 0 Å². The van der Waals surface area contributed by atoms with E-state index in [0.29, 0.717) is 32.1 Å². The van der Waals surface area contributed by atoms with Gasteiger partial charge in [0.05, 0.1) is 13.2 Å². The fourth-order valence-electron chi connectivity index (χ4n) is 2.51. The highest BCUT2D eigenvalue weighted by atomic mass is 32.2. The van der Waals surface area contributed by atoms with E-state index in [1.54, 1.807) is 12.1 Å². The first-order chi connectivity index (χ1) is 11.6. The van der Waals surface area contributed by atoms with Crippen molar-refractivity contribution in [2.45, 2.75) is 18.2 Å². The predicted octanol–water partition coefficient (Wildman–Crippen LogP) is 2.41. The average Bonchev–Trinajstić information content (AvgIpc) is 2.63. The van der Waals surface area contributed by atoms with E-state index in [9.17, 15) is 8.42 Å². The number of rotatable bonds is 5. The smallest absolute Gasteiger partial charge is 0.244 e. The molecule has 0 spiro atoms. The van der Waals surface area contributed by atoms with Gasteiger partial charge in [0.2, 0.25) is 10.0 Å². The monoisotopic (exact) mass is 347 g/mol. The van der Waals surface area contributed by atoms with Crippen LogP contribution in [0.2, 0.25) is 0 Å². The van der Waals surface area contributed by atoms with Crippen LogP contribution in [0.25, 0.3) is 0 Å². The number of benzene rings is 1. The molecule has 1 aliphatic rings. The van der Waals surface area contributed by atoms with E-state index in [1.165, 1.54) is 16.1 Å². The largest absolute Gasteiger partial charge is 0.379 e. The second-order valence-electron chi connectivity index (χ2n) is 5.57. The summed E-state index contributed by atoms with van der Waals surface area (Å²) in [5.74, 6) is 0.611. The maximum atomic E-state index is 12.5. The van der Waals surface area contributed by atoms with Crippen LogP contribution >= 0.6 is 0 Å². The zero-order chi connectivity index (χ0) is 17.0. The third kappa shape index (κ3) is 3.75. The fraction of sp³-hybridized carbons (Fsp3) is 0.353. The van der Waals surface area contributed by atoms with E-state index in [0.717, 1.165) is 12.1 Å². The van der Waals surface area contributed by atoms with Gasteiger partial charge in [-0.15, -0.1) is 0 Å². The summed E-state index contributed by atoms with van der Waals surface area (Å²) in [5.41, 5.74) is 2.18. The third-order valence-corrected chi connectivity index (χ3v) is 5.86. The van der Waals surface area contributed by atoms with Crippen molar-refractivity contribution in [3.8, 4) is 0 Å². The number of aromatic nitrogens is 1. The lowest BCUT2D eigenvalue weighted by Crippen LogP contribution is -2.40. The Balaban J connectivity index is 1.72. The van der Waals surface area contributed by atoms with Crippen molar-refractivity contribution < 1.29 is 13.2 Å². The molecule has 1 N–H and O–H groups in total. The number of pyridine rings is 1. The molecule has 24 heavy (non-hydrogen) atoms. The first kappa shape index (κ1) is 16.9. The summed E-state index contributed by atoms with van der Waals surface area (Å²) >= 11 is 0. The van der Waals surface area contributed by atoms with Gasteiger partial charge in [0.15, 0.2) is 0 Å². The Hall–Kier alpha value is -1.96. The number of aryl methyl sites for hydroxylation is 1. The Bertz CT molecular complexity index is 768. The number of nitrogens with one attached hydrogen (secondary N) is 1. The Morgan fingerprint density at radius 2 is 1.83 bits per heavy atom. The summed E-state index contributed by atoms with van der Waals surface area (Å²) in [6.45, 7) is 3.73. The van der Waals surface area contributed by atoms with Gasteiger partial charge in [-0.2, -0.15) is 4.31 Å². The number of hydrogen-bond donors (Lipinski definition) is 1. The highest BCUT2D eigenvalue weighted by Crippen LogP contribution is 2.20. The summed E-state index contributed by atoms with van der Waals surface area (Å²) in [6.07, 6.45) is 2.39. The normalized spacial score (nSPS) is 16.0. The van der Waals surface area contributed by atoms with Gasteiger partial charge >= 0.3 is 0 Å². The summed E-state index contributed by atoms with van der Waals surface area (Å²) < 4.78 is 31.7. The topological polar surface area (TPSA) is 71.5 Å². The second-order valence-corrected chi connectivity index (χ2v) is 7.51. The van der Waals surface area contributed by atoms with Crippen molar-refractivity contribution in [1.82, 2.24) is 9.29 Å². The van der Waals surface area contributed by atoms with Gasteiger partial charge in [0.25, 0.3) is 0 Å². The molecule has 1 aliphatic heterocycles. The third-order valence-electron chi connectivity index (χ3n) is 3.98. The summed E-state index contributed by atoms with van der Waals surface area (Å²) in [5, 5.41) is 3.17. The van der Waals surface area contributed by atoms with Crippen LogP contribution < -0.4 is 5.32 Å². The molecular weight excluding hydrogens is 326 g/mol. The average molecular weight is 347 g/mol. The first-order valence-corrected chi connectivity index (χ1v) is 9.43. The van der Waals surface area contributed by atoms with Gasteiger partial charge in [0.1, 0.15) is 10.7 Å². The fourth-order valence-corrected chi connectivity index (χ4v) is 3.87. The molecule has 0 unspecified atom stereocenters. The molecule has 0 bridgehead atoms. The van der Waals surface area contributed by atoms with Crippen LogP contribution in [0.5, 0.6) is 0 Å². The molecule has 7 heteroatoms. The minimum absolute atomic E-state index is 0.205. The van der Waals surface area contributed by atoms with Crippen molar-refractivity contribution in [2.24, 2.45) is 0 Å². The predicted molar refractivity (Wildman–Crippen MR) is 92.9 cm³/mol. The van der Waals surface area contributed by atoms with E-state index in [2.05, 4.69) is 29.4 Å². The zero-order valence-electron chi connectivity index (χ0n) is 13.6. The van der Waals surface area contributed by atoms with Crippen LogP contribution in [0.1, 0.15) is 12.5 Å². The van der Waals surface area contributed by atoms with Crippen LogP contribution in [-0.4, -0.2) is 44.0 Å². The Labute approximate surface area is 142 Å².